The van der Waals surface area contributed by atoms with Gasteiger partial charge in [0.25, 0.3) is 10.0 Å². The van der Waals surface area contributed by atoms with Crippen molar-refractivity contribution in [1.82, 2.24) is 0 Å². The maximum atomic E-state index is 12.4. The summed E-state index contributed by atoms with van der Waals surface area (Å²) in [6.07, 6.45) is 2.02. The number of halogens is 1. The minimum Gasteiger partial charge on any atom is -0.494 e. The highest BCUT2D eigenvalue weighted by Gasteiger charge is 2.14. The monoisotopic (exact) mass is 353 g/mol. The molecule has 2 aromatic rings. The topological polar surface area (TPSA) is 55.4 Å². The molecule has 0 aliphatic carbocycles. The van der Waals surface area contributed by atoms with Crippen LogP contribution >= 0.6 is 11.6 Å². The number of nitrogens with one attached hydrogen (secondary N) is 1. The first-order chi connectivity index (χ1) is 10.9. The number of aryl methyl sites for hydroxylation is 1. The molecule has 0 saturated heterocycles. The van der Waals surface area contributed by atoms with Crippen molar-refractivity contribution in [3.05, 3.63) is 53.1 Å². The molecule has 0 unspecified atom stereocenters. The average molecular weight is 354 g/mol. The third-order valence-corrected chi connectivity index (χ3v) is 5.13. The Morgan fingerprint density at radius 2 is 1.83 bits per heavy atom. The number of rotatable bonds is 7. The van der Waals surface area contributed by atoms with E-state index in [9.17, 15) is 8.42 Å². The molecule has 6 heteroatoms. The van der Waals surface area contributed by atoms with Crippen LogP contribution in [0.25, 0.3) is 0 Å². The van der Waals surface area contributed by atoms with Crippen molar-refractivity contribution in [1.29, 1.82) is 0 Å². The lowest BCUT2D eigenvalue weighted by molar-refractivity contribution is 0.309. The Morgan fingerprint density at radius 1 is 1.13 bits per heavy atom. The highest BCUT2D eigenvalue weighted by molar-refractivity contribution is 7.92. The molecule has 0 spiro atoms. The van der Waals surface area contributed by atoms with Gasteiger partial charge in [-0.05, 0) is 55.3 Å². The molecule has 4 nitrogen and oxygen atoms in total. The summed E-state index contributed by atoms with van der Waals surface area (Å²) >= 11 is 6.02. The van der Waals surface area contributed by atoms with Crippen LogP contribution < -0.4 is 9.46 Å². The molecule has 0 aliphatic heterocycles. The van der Waals surface area contributed by atoms with Crippen LogP contribution in [0.4, 0.5) is 5.69 Å². The van der Waals surface area contributed by atoms with Gasteiger partial charge in [-0.3, -0.25) is 4.72 Å². The Labute approximate surface area is 142 Å². The van der Waals surface area contributed by atoms with Gasteiger partial charge in [-0.25, -0.2) is 8.42 Å². The molecule has 2 aromatic carbocycles. The molecule has 0 aromatic heterocycles. The van der Waals surface area contributed by atoms with Crippen molar-refractivity contribution in [2.24, 2.45) is 0 Å². The van der Waals surface area contributed by atoms with Crippen LogP contribution in [0.1, 0.15) is 25.3 Å². The van der Waals surface area contributed by atoms with E-state index in [1.165, 1.54) is 12.1 Å². The van der Waals surface area contributed by atoms with Crippen LogP contribution in [0, 0.1) is 6.92 Å². The van der Waals surface area contributed by atoms with Crippen LogP contribution in [-0.2, 0) is 10.0 Å². The molecule has 0 radical (unpaired) electrons. The summed E-state index contributed by atoms with van der Waals surface area (Å²) in [6.45, 7) is 4.57. The van der Waals surface area contributed by atoms with Crippen molar-refractivity contribution >= 4 is 27.3 Å². The van der Waals surface area contributed by atoms with Gasteiger partial charge in [0, 0.05) is 5.02 Å². The zero-order chi connectivity index (χ0) is 16.9. The number of hydrogen-bond donors (Lipinski definition) is 1. The zero-order valence-electron chi connectivity index (χ0n) is 13.2. The number of unbranched alkanes of at least 4 members (excludes halogenated alkanes) is 1. The second-order valence-electron chi connectivity index (χ2n) is 5.24. The minimum absolute atomic E-state index is 0.178. The first-order valence-electron chi connectivity index (χ1n) is 7.44. The molecular formula is C17H20ClNO3S. The minimum atomic E-state index is -3.65. The molecule has 0 atom stereocenters. The van der Waals surface area contributed by atoms with E-state index in [4.69, 9.17) is 16.3 Å². The van der Waals surface area contributed by atoms with Crippen LogP contribution in [0.2, 0.25) is 5.02 Å². The summed E-state index contributed by atoms with van der Waals surface area (Å²) in [7, 11) is -3.65. The molecule has 124 valence electrons. The zero-order valence-corrected chi connectivity index (χ0v) is 14.7. The van der Waals surface area contributed by atoms with Gasteiger partial charge in [0.2, 0.25) is 0 Å². The summed E-state index contributed by atoms with van der Waals surface area (Å²) in [6, 6.07) is 11.4. The van der Waals surface area contributed by atoms with Gasteiger partial charge >= 0.3 is 0 Å². The van der Waals surface area contributed by atoms with Crippen LogP contribution in [0.5, 0.6) is 5.75 Å². The maximum absolute atomic E-state index is 12.4. The Morgan fingerprint density at radius 3 is 2.43 bits per heavy atom. The lowest BCUT2D eigenvalue weighted by Crippen LogP contribution is -2.13. The van der Waals surface area contributed by atoms with Crippen molar-refractivity contribution in [2.75, 3.05) is 11.3 Å². The number of ether oxygens (including phenoxy) is 1. The summed E-state index contributed by atoms with van der Waals surface area (Å²) in [4.78, 5) is 0.178. The standard InChI is InChI=1S/C17H20ClNO3S/c1-3-4-11-22-15-7-9-16(10-8-15)23(20,21)19-14-6-5-13(2)17(18)12-14/h5-10,12,19H,3-4,11H2,1-2H3. The van der Waals surface area contributed by atoms with Crippen molar-refractivity contribution < 1.29 is 13.2 Å². The molecule has 0 amide bonds. The SMILES string of the molecule is CCCCOc1ccc(S(=O)(=O)Nc2ccc(C)c(Cl)c2)cc1. The molecule has 23 heavy (non-hydrogen) atoms. The summed E-state index contributed by atoms with van der Waals surface area (Å²) in [5, 5.41) is 0.518. The molecule has 2 rings (SSSR count). The smallest absolute Gasteiger partial charge is 0.261 e. The Bertz CT molecular complexity index is 758. The fourth-order valence-corrected chi connectivity index (χ4v) is 3.15. The average Bonchev–Trinajstić information content (AvgIpc) is 2.51. The first kappa shape index (κ1) is 17.6. The quantitative estimate of drug-likeness (QED) is 0.738. The van der Waals surface area contributed by atoms with Gasteiger partial charge in [0.15, 0.2) is 0 Å². The van der Waals surface area contributed by atoms with Gasteiger partial charge in [0.05, 0.1) is 17.2 Å². The van der Waals surface area contributed by atoms with Gasteiger partial charge in [-0.15, -0.1) is 0 Å². The largest absolute Gasteiger partial charge is 0.494 e. The molecule has 0 aliphatic rings. The number of anilines is 1. The Balaban J connectivity index is 2.11. The molecule has 0 heterocycles. The van der Waals surface area contributed by atoms with Gasteiger partial charge < -0.3 is 4.74 Å². The summed E-state index contributed by atoms with van der Waals surface area (Å²) in [5.41, 5.74) is 1.33. The first-order valence-corrected chi connectivity index (χ1v) is 9.30. The van der Waals surface area contributed by atoms with E-state index >= 15 is 0 Å². The van der Waals surface area contributed by atoms with Crippen LogP contribution in [0.15, 0.2) is 47.4 Å². The third kappa shape index (κ3) is 4.88. The molecule has 0 bridgehead atoms. The number of benzene rings is 2. The van der Waals surface area contributed by atoms with E-state index in [-0.39, 0.29) is 4.90 Å². The maximum Gasteiger partial charge on any atom is 0.261 e. The predicted octanol–water partition coefficient (Wildman–Crippen LogP) is 4.63. The predicted molar refractivity (Wildman–Crippen MR) is 93.8 cm³/mol. The van der Waals surface area contributed by atoms with Crippen LogP contribution in [0.3, 0.4) is 0 Å². The number of sulfonamides is 1. The highest BCUT2D eigenvalue weighted by atomic mass is 35.5. The molecule has 1 N–H and O–H groups in total. The van der Waals surface area contributed by atoms with E-state index in [0.29, 0.717) is 23.1 Å². The van der Waals surface area contributed by atoms with Crippen molar-refractivity contribution in [3.8, 4) is 5.75 Å². The highest BCUT2D eigenvalue weighted by Crippen LogP contribution is 2.23. The number of hydrogen-bond acceptors (Lipinski definition) is 3. The van der Waals surface area contributed by atoms with Crippen molar-refractivity contribution in [3.63, 3.8) is 0 Å². The fraction of sp³-hybridized carbons (Fsp3) is 0.294. The van der Waals surface area contributed by atoms with Gasteiger partial charge in [-0.2, -0.15) is 0 Å². The third-order valence-electron chi connectivity index (χ3n) is 3.32. The van der Waals surface area contributed by atoms with Crippen molar-refractivity contribution in [2.45, 2.75) is 31.6 Å². The second kappa shape index (κ2) is 7.70. The van der Waals surface area contributed by atoms with E-state index in [1.54, 1.807) is 30.3 Å². The van der Waals surface area contributed by atoms with E-state index in [1.807, 2.05) is 6.92 Å². The van der Waals surface area contributed by atoms with E-state index in [2.05, 4.69) is 11.6 Å². The molecular weight excluding hydrogens is 334 g/mol. The molecule has 0 saturated carbocycles. The second-order valence-corrected chi connectivity index (χ2v) is 7.33. The van der Waals surface area contributed by atoms with Gasteiger partial charge in [-0.1, -0.05) is 31.0 Å². The summed E-state index contributed by atoms with van der Waals surface area (Å²) in [5.74, 6) is 0.663. The molecule has 0 fully saturated rings. The van der Waals surface area contributed by atoms with E-state index < -0.39 is 10.0 Å². The fourth-order valence-electron chi connectivity index (χ4n) is 1.92. The lowest BCUT2D eigenvalue weighted by Gasteiger charge is -2.10. The van der Waals surface area contributed by atoms with Crippen LogP contribution in [-0.4, -0.2) is 15.0 Å². The Hall–Kier alpha value is -1.72. The lowest BCUT2D eigenvalue weighted by atomic mass is 10.2. The normalized spacial score (nSPS) is 11.3. The summed E-state index contributed by atoms with van der Waals surface area (Å²) < 4.78 is 32.8. The van der Waals surface area contributed by atoms with Gasteiger partial charge in [0.1, 0.15) is 5.75 Å². The Kier molecular flexibility index (Phi) is 5.91. The van der Waals surface area contributed by atoms with E-state index in [0.717, 1.165) is 18.4 Å².